The molecule has 0 saturated heterocycles. The van der Waals surface area contributed by atoms with Gasteiger partial charge in [0.25, 0.3) is 0 Å². The molecule has 0 spiro atoms. The van der Waals surface area contributed by atoms with Crippen molar-refractivity contribution in [2.24, 2.45) is 0 Å². The van der Waals surface area contributed by atoms with Crippen LogP contribution in [-0.2, 0) is 0 Å². The average Bonchev–Trinajstić information content (AvgIpc) is 2.26. The van der Waals surface area contributed by atoms with Crippen LogP contribution in [0.4, 0.5) is 8.78 Å². The molecule has 0 heterocycles. The van der Waals surface area contributed by atoms with Crippen molar-refractivity contribution in [1.29, 1.82) is 0 Å². The number of aliphatic hydroxyl groups is 1. The fraction of sp³-hybridized carbons (Fsp3) is 0.200. The molecule has 2 rings (SSSR count). The van der Waals surface area contributed by atoms with Gasteiger partial charge in [0.05, 0.1) is 0 Å². The molecule has 0 saturated carbocycles. The molecule has 0 amide bonds. The third-order valence-electron chi connectivity index (χ3n) is 3.01. The highest BCUT2D eigenvalue weighted by molar-refractivity contribution is 6.31. The molecule has 4 heteroatoms. The summed E-state index contributed by atoms with van der Waals surface area (Å²) in [7, 11) is 0. The van der Waals surface area contributed by atoms with E-state index in [2.05, 4.69) is 0 Å². The second-order valence-corrected chi connectivity index (χ2v) is 4.95. The zero-order chi connectivity index (χ0) is 14.2. The molecular weight excluding hydrogens is 270 g/mol. The largest absolute Gasteiger partial charge is 0.383 e. The van der Waals surface area contributed by atoms with Crippen LogP contribution in [0.5, 0.6) is 0 Å². The Morgan fingerprint density at radius 3 is 2.37 bits per heavy atom. The topological polar surface area (TPSA) is 20.2 Å². The summed E-state index contributed by atoms with van der Waals surface area (Å²) in [6.45, 7) is 3.49. The lowest BCUT2D eigenvalue weighted by Crippen LogP contribution is -2.06. The van der Waals surface area contributed by atoms with Crippen LogP contribution in [0, 0.1) is 25.5 Å². The highest BCUT2D eigenvalue weighted by Crippen LogP contribution is 2.32. The number of benzene rings is 2. The normalized spacial score (nSPS) is 12.5. The van der Waals surface area contributed by atoms with E-state index < -0.39 is 17.7 Å². The lowest BCUT2D eigenvalue weighted by atomic mass is 9.95. The van der Waals surface area contributed by atoms with E-state index in [0.717, 1.165) is 11.6 Å². The lowest BCUT2D eigenvalue weighted by molar-refractivity contribution is 0.214. The van der Waals surface area contributed by atoms with Gasteiger partial charge in [-0.05, 0) is 43.2 Å². The number of aryl methyl sites for hydroxylation is 2. The smallest absolute Gasteiger partial charge is 0.129 e. The minimum Gasteiger partial charge on any atom is -0.383 e. The molecule has 1 atom stereocenters. The number of aliphatic hydroxyl groups excluding tert-OH is 1. The Kier molecular flexibility index (Phi) is 3.88. The van der Waals surface area contributed by atoms with Gasteiger partial charge in [0.15, 0.2) is 0 Å². The Morgan fingerprint density at radius 2 is 1.79 bits per heavy atom. The number of halogens is 3. The maximum atomic E-state index is 14.0. The molecule has 1 N–H and O–H groups in total. The fourth-order valence-corrected chi connectivity index (χ4v) is 2.42. The van der Waals surface area contributed by atoms with Crippen LogP contribution in [0.15, 0.2) is 30.3 Å². The summed E-state index contributed by atoms with van der Waals surface area (Å²) >= 11 is 5.89. The van der Waals surface area contributed by atoms with Gasteiger partial charge < -0.3 is 5.11 Å². The van der Waals surface area contributed by atoms with Gasteiger partial charge in [-0.25, -0.2) is 8.78 Å². The van der Waals surface area contributed by atoms with Crippen molar-refractivity contribution in [2.45, 2.75) is 20.0 Å². The maximum absolute atomic E-state index is 14.0. The van der Waals surface area contributed by atoms with E-state index in [1.165, 1.54) is 18.2 Å². The van der Waals surface area contributed by atoms with Crippen LogP contribution in [0.3, 0.4) is 0 Å². The van der Waals surface area contributed by atoms with Crippen molar-refractivity contribution in [3.05, 3.63) is 69.2 Å². The molecule has 0 aliphatic rings. The standard InChI is InChI=1S/C15H13ClF2O/c1-8-5-9(2)14(13(18)6-8)15(19)11-4-3-10(17)7-12(11)16/h3-7,15,19H,1-2H3. The second kappa shape index (κ2) is 5.27. The predicted octanol–water partition coefficient (Wildman–Crippen LogP) is 4.32. The first kappa shape index (κ1) is 14.0. The van der Waals surface area contributed by atoms with Crippen molar-refractivity contribution < 1.29 is 13.9 Å². The van der Waals surface area contributed by atoms with E-state index in [0.29, 0.717) is 5.56 Å². The van der Waals surface area contributed by atoms with Crippen LogP contribution >= 0.6 is 11.6 Å². The summed E-state index contributed by atoms with van der Waals surface area (Å²) in [5.74, 6) is -0.993. The summed E-state index contributed by atoms with van der Waals surface area (Å²) in [5, 5.41) is 10.3. The average molecular weight is 283 g/mol. The molecule has 100 valence electrons. The first-order chi connectivity index (χ1) is 8.90. The van der Waals surface area contributed by atoms with Crippen molar-refractivity contribution in [1.82, 2.24) is 0 Å². The van der Waals surface area contributed by atoms with E-state index in [4.69, 9.17) is 11.6 Å². The van der Waals surface area contributed by atoms with Gasteiger partial charge in [0, 0.05) is 16.1 Å². The predicted molar refractivity (Wildman–Crippen MR) is 71.3 cm³/mol. The quantitative estimate of drug-likeness (QED) is 0.870. The van der Waals surface area contributed by atoms with Crippen molar-refractivity contribution in [3.8, 4) is 0 Å². The Hall–Kier alpha value is -1.45. The summed E-state index contributed by atoms with van der Waals surface area (Å²) in [5.41, 5.74) is 1.86. The molecule has 2 aromatic rings. The minimum atomic E-state index is -1.21. The molecule has 1 unspecified atom stereocenters. The lowest BCUT2D eigenvalue weighted by Gasteiger charge is -2.17. The summed E-state index contributed by atoms with van der Waals surface area (Å²) in [6.07, 6.45) is -1.21. The minimum absolute atomic E-state index is 0.0758. The zero-order valence-electron chi connectivity index (χ0n) is 10.5. The van der Waals surface area contributed by atoms with Crippen LogP contribution in [0.25, 0.3) is 0 Å². The zero-order valence-corrected chi connectivity index (χ0v) is 11.3. The highest BCUT2D eigenvalue weighted by atomic mass is 35.5. The molecule has 0 radical (unpaired) electrons. The van der Waals surface area contributed by atoms with Gasteiger partial charge in [-0.2, -0.15) is 0 Å². The first-order valence-corrected chi connectivity index (χ1v) is 6.17. The molecule has 2 aromatic carbocycles. The van der Waals surface area contributed by atoms with Crippen molar-refractivity contribution >= 4 is 11.6 Å². The molecule has 1 nitrogen and oxygen atoms in total. The van der Waals surface area contributed by atoms with Gasteiger partial charge in [0.2, 0.25) is 0 Å². The fourth-order valence-electron chi connectivity index (χ4n) is 2.15. The Labute approximate surface area is 115 Å². The summed E-state index contributed by atoms with van der Waals surface area (Å²) < 4.78 is 27.0. The van der Waals surface area contributed by atoms with Gasteiger partial charge in [-0.15, -0.1) is 0 Å². The SMILES string of the molecule is Cc1cc(C)c(C(O)c2ccc(F)cc2Cl)c(F)c1. The van der Waals surface area contributed by atoms with Crippen molar-refractivity contribution in [3.63, 3.8) is 0 Å². The molecular formula is C15H13ClF2O. The van der Waals surface area contributed by atoms with E-state index in [-0.39, 0.29) is 16.1 Å². The Balaban J connectivity index is 2.53. The summed E-state index contributed by atoms with van der Waals surface area (Å²) in [4.78, 5) is 0. The molecule has 19 heavy (non-hydrogen) atoms. The highest BCUT2D eigenvalue weighted by Gasteiger charge is 2.20. The van der Waals surface area contributed by atoms with Gasteiger partial charge in [-0.3, -0.25) is 0 Å². The maximum Gasteiger partial charge on any atom is 0.129 e. The first-order valence-electron chi connectivity index (χ1n) is 5.80. The van der Waals surface area contributed by atoms with Crippen LogP contribution < -0.4 is 0 Å². The Bertz CT molecular complexity index is 603. The second-order valence-electron chi connectivity index (χ2n) is 4.55. The number of hydrogen-bond donors (Lipinski definition) is 1. The van der Waals surface area contributed by atoms with Crippen molar-refractivity contribution in [2.75, 3.05) is 0 Å². The molecule has 0 bridgehead atoms. The van der Waals surface area contributed by atoms with E-state index in [9.17, 15) is 13.9 Å². The van der Waals surface area contributed by atoms with E-state index >= 15 is 0 Å². The molecule has 0 aromatic heterocycles. The summed E-state index contributed by atoms with van der Waals surface area (Å²) in [6, 6.07) is 6.77. The number of rotatable bonds is 2. The van der Waals surface area contributed by atoms with Gasteiger partial charge >= 0.3 is 0 Å². The van der Waals surface area contributed by atoms with Gasteiger partial charge in [-0.1, -0.05) is 23.7 Å². The van der Waals surface area contributed by atoms with E-state index in [1.54, 1.807) is 19.9 Å². The third kappa shape index (κ3) is 2.77. The van der Waals surface area contributed by atoms with Crippen LogP contribution in [-0.4, -0.2) is 5.11 Å². The van der Waals surface area contributed by atoms with Crippen LogP contribution in [0.2, 0.25) is 5.02 Å². The third-order valence-corrected chi connectivity index (χ3v) is 3.34. The Morgan fingerprint density at radius 1 is 1.11 bits per heavy atom. The monoisotopic (exact) mass is 282 g/mol. The molecule has 0 aliphatic heterocycles. The molecule has 0 fully saturated rings. The van der Waals surface area contributed by atoms with Gasteiger partial charge in [0.1, 0.15) is 17.7 Å². The molecule has 0 aliphatic carbocycles. The van der Waals surface area contributed by atoms with E-state index in [1.807, 2.05) is 0 Å². The van der Waals surface area contributed by atoms with Crippen LogP contribution in [0.1, 0.15) is 28.4 Å². The number of hydrogen-bond acceptors (Lipinski definition) is 1.